The van der Waals surface area contributed by atoms with Crippen LogP contribution < -0.4 is 9.64 Å². The first-order valence-corrected chi connectivity index (χ1v) is 11.1. The Labute approximate surface area is 189 Å². The number of hydrogen-bond acceptors (Lipinski definition) is 6. The number of pyridine rings is 1. The molecule has 0 radical (unpaired) electrons. The first-order chi connectivity index (χ1) is 14.9. The summed E-state index contributed by atoms with van der Waals surface area (Å²) >= 11 is 7.82. The fourth-order valence-electron chi connectivity index (χ4n) is 3.55. The van der Waals surface area contributed by atoms with Gasteiger partial charge in [-0.05, 0) is 58.3 Å². The summed E-state index contributed by atoms with van der Waals surface area (Å²) < 4.78 is 8.09. The van der Waals surface area contributed by atoms with Crippen molar-refractivity contribution in [3.05, 3.63) is 52.9 Å². The van der Waals surface area contributed by atoms with Gasteiger partial charge in [0.1, 0.15) is 22.6 Å². The van der Waals surface area contributed by atoms with Gasteiger partial charge in [0.05, 0.1) is 22.5 Å². The van der Waals surface area contributed by atoms with Crippen molar-refractivity contribution in [1.82, 2.24) is 19.3 Å². The number of methoxy groups -OCH3 is 1. The van der Waals surface area contributed by atoms with E-state index >= 15 is 0 Å². The van der Waals surface area contributed by atoms with Crippen LogP contribution in [0.2, 0.25) is 5.02 Å². The second-order valence-corrected chi connectivity index (χ2v) is 8.90. The van der Waals surface area contributed by atoms with Crippen molar-refractivity contribution in [2.75, 3.05) is 39.2 Å². The lowest BCUT2D eigenvalue weighted by atomic mass is 10.2. The standard InChI is InChI=1S/C22H24ClN5O2S/c1-14-19(27-12-6-5-8-17(27)24-14)21(29)28(13-7-11-26(2)3)22-25-18-16(30-4)10-9-15(23)20(18)31-22/h5-6,8-10,12H,7,11,13H2,1-4H3. The smallest absolute Gasteiger partial charge is 0.278 e. The number of anilines is 1. The lowest BCUT2D eigenvalue weighted by Crippen LogP contribution is -2.34. The predicted molar refractivity (Wildman–Crippen MR) is 126 cm³/mol. The summed E-state index contributed by atoms with van der Waals surface area (Å²) in [5.41, 5.74) is 2.63. The van der Waals surface area contributed by atoms with Crippen molar-refractivity contribution in [1.29, 1.82) is 0 Å². The average molecular weight is 458 g/mol. The van der Waals surface area contributed by atoms with Gasteiger partial charge in [-0.1, -0.05) is 29.0 Å². The van der Waals surface area contributed by atoms with E-state index in [0.29, 0.717) is 39.4 Å². The van der Waals surface area contributed by atoms with Gasteiger partial charge in [0.25, 0.3) is 5.91 Å². The Bertz CT molecular complexity index is 1250. The number of aromatic nitrogens is 3. The first kappa shape index (κ1) is 21.5. The molecule has 3 heterocycles. The van der Waals surface area contributed by atoms with Crippen LogP contribution in [-0.4, -0.2) is 59.5 Å². The third-order valence-electron chi connectivity index (χ3n) is 5.04. The summed E-state index contributed by atoms with van der Waals surface area (Å²) in [6.45, 7) is 3.23. The molecular weight excluding hydrogens is 434 g/mol. The number of carbonyl (C=O) groups excluding carboxylic acids is 1. The number of carbonyl (C=O) groups is 1. The zero-order chi connectivity index (χ0) is 22.1. The topological polar surface area (TPSA) is 63.0 Å². The maximum atomic E-state index is 13.8. The van der Waals surface area contributed by atoms with Crippen molar-refractivity contribution >= 4 is 49.8 Å². The number of fused-ring (bicyclic) bond motifs is 2. The molecule has 4 aromatic rings. The van der Waals surface area contributed by atoms with Crippen LogP contribution in [0.15, 0.2) is 36.5 Å². The highest BCUT2D eigenvalue weighted by molar-refractivity contribution is 7.23. The van der Waals surface area contributed by atoms with Gasteiger partial charge in [-0.15, -0.1) is 0 Å². The van der Waals surface area contributed by atoms with Gasteiger partial charge in [0.15, 0.2) is 5.13 Å². The van der Waals surface area contributed by atoms with Crippen LogP contribution in [0.5, 0.6) is 5.75 Å². The second-order valence-electron chi connectivity index (χ2n) is 7.51. The number of amides is 1. The van der Waals surface area contributed by atoms with E-state index in [4.69, 9.17) is 21.3 Å². The Balaban J connectivity index is 1.81. The SMILES string of the molecule is COc1ccc(Cl)c2sc(N(CCCN(C)C)C(=O)c3c(C)nc4ccccn34)nc12. The van der Waals surface area contributed by atoms with Crippen LogP contribution in [0.4, 0.5) is 5.13 Å². The fourth-order valence-corrected chi connectivity index (χ4v) is 4.83. The molecule has 0 spiro atoms. The summed E-state index contributed by atoms with van der Waals surface area (Å²) in [5, 5.41) is 1.18. The summed E-state index contributed by atoms with van der Waals surface area (Å²) in [6.07, 6.45) is 2.66. The van der Waals surface area contributed by atoms with E-state index < -0.39 is 0 Å². The predicted octanol–water partition coefficient (Wildman–Crippen LogP) is 4.51. The minimum Gasteiger partial charge on any atom is -0.494 e. The van der Waals surface area contributed by atoms with Crippen molar-refractivity contribution in [3.63, 3.8) is 0 Å². The van der Waals surface area contributed by atoms with Crippen molar-refractivity contribution < 1.29 is 9.53 Å². The van der Waals surface area contributed by atoms with E-state index in [1.165, 1.54) is 11.3 Å². The average Bonchev–Trinajstić information content (AvgIpc) is 3.32. The molecule has 0 aliphatic rings. The largest absolute Gasteiger partial charge is 0.494 e. The molecule has 1 aromatic carbocycles. The molecule has 0 N–H and O–H groups in total. The minimum absolute atomic E-state index is 0.135. The number of ether oxygens (including phenoxy) is 1. The highest BCUT2D eigenvalue weighted by Gasteiger charge is 2.27. The van der Waals surface area contributed by atoms with Crippen molar-refractivity contribution in [2.45, 2.75) is 13.3 Å². The van der Waals surface area contributed by atoms with Gasteiger partial charge >= 0.3 is 0 Å². The van der Waals surface area contributed by atoms with Gasteiger partial charge in [0, 0.05) is 12.7 Å². The number of rotatable bonds is 7. The van der Waals surface area contributed by atoms with E-state index in [9.17, 15) is 4.79 Å². The third-order valence-corrected chi connectivity index (χ3v) is 6.58. The van der Waals surface area contributed by atoms with Gasteiger partial charge < -0.3 is 9.64 Å². The van der Waals surface area contributed by atoms with E-state index in [-0.39, 0.29) is 5.91 Å². The molecule has 162 valence electrons. The van der Waals surface area contributed by atoms with Crippen LogP contribution in [0, 0.1) is 6.92 Å². The molecule has 0 unspecified atom stereocenters. The number of nitrogens with zero attached hydrogens (tertiary/aromatic N) is 5. The molecule has 0 aliphatic carbocycles. The van der Waals surface area contributed by atoms with E-state index in [1.54, 1.807) is 24.1 Å². The molecule has 7 nitrogen and oxygen atoms in total. The van der Waals surface area contributed by atoms with Gasteiger partial charge in [-0.25, -0.2) is 9.97 Å². The molecule has 3 aromatic heterocycles. The minimum atomic E-state index is -0.135. The number of hydrogen-bond donors (Lipinski definition) is 0. The van der Waals surface area contributed by atoms with Gasteiger partial charge in [-0.3, -0.25) is 14.1 Å². The van der Waals surface area contributed by atoms with E-state index in [1.807, 2.05) is 49.8 Å². The number of benzene rings is 1. The first-order valence-electron chi connectivity index (χ1n) is 9.94. The molecule has 9 heteroatoms. The van der Waals surface area contributed by atoms with Crippen LogP contribution >= 0.6 is 22.9 Å². The highest BCUT2D eigenvalue weighted by Crippen LogP contribution is 2.39. The van der Waals surface area contributed by atoms with Crippen molar-refractivity contribution in [2.24, 2.45) is 0 Å². The zero-order valence-corrected chi connectivity index (χ0v) is 19.5. The fraction of sp³-hybridized carbons (Fsp3) is 0.318. The van der Waals surface area contributed by atoms with Crippen LogP contribution in [-0.2, 0) is 0 Å². The van der Waals surface area contributed by atoms with E-state index in [0.717, 1.165) is 23.3 Å². The Hall–Kier alpha value is -2.68. The van der Waals surface area contributed by atoms with Gasteiger partial charge in [0.2, 0.25) is 0 Å². The lowest BCUT2D eigenvalue weighted by Gasteiger charge is -2.21. The molecule has 1 amide bonds. The lowest BCUT2D eigenvalue weighted by molar-refractivity contribution is 0.0979. The monoisotopic (exact) mass is 457 g/mol. The van der Waals surface area contributed by atoms with Crippen molar-refractivity contribution in [3.8, 4) is 5.75 Å². The molecule has 0 aliphatic heterocycles. The third kappa shape index (κ3) is 4.11. The second kappa shape index (κ2) is 8.82. The summed E-state index contributed by atoms with van der Waals surface area (Å²) in [5.74, 6) is 0.498. The molecule has 0 bridgehead atoms. The normalized spacial score (nSPS) is 11.5. The van der Waals surface area contributed by atoms with Crippen LogP contribution in [0.25, 0.3) is 15.9 Å². The number of imidazole rings is 1. The van der Waals surface area contributed by atoms with Gasteiger partial charge in [-0.2, -0.15) is 0 Å². The number of thiazole rings is 1. The molecule has 31 heavy (non-hydrogen) atoms. The molecule has 4 rings (SSSR count). The quantitative estimate of drug-likeness (QED) is 0.408. The zero-order valence-electron chi connectivity index (χ0n) is 17.9. The molecule has 0 saturated heterocycles. The maximum absolute atomic E-state index is 13.8. The Morgan fingerprint density at radius 3 is 2.74 bits per heavy atom. The Kier molecular flexibility index (Phi) is 6.13. The van der Waals surface area contributed by atoms with Crippen LogP contribution in [0.1, 0.15) is 22.6 Å². The number of halogens is 1. The molecule has 0 saturated carbocycles. The number of aryl methyl sites for hydroxylation is 1. The maximum Gasteiger partial charge on any atom is 0.278 e. The molecule has 0 atom stereocenters. The Morgan fingerprint density at radius 1 is 1.19 bits per heavy atom. The Morgan fingerprint density at radius 2 is 2.00 bits per heavy atom. The van der Waals surface area contributed by atoms with E-state index in [2.05, 4.69) is 9.88 Å². The highest BCUT2D eigenvalue weighted by atomic mass is 35.5. The van der Waals surface area contributed by atoms with Crippen LogP contribution in [0.3, 0.4) is 0 Å². The molecular formula is C22H24ClN5O2S. The summed E-state index contributed by atoms with van der Waals surface area (Å²) in [4.78, 5) is 26.9. The summed E-state index contributed by atoms with van der Waals surface area (Å²) in [7, 11) is 5.63. The summed E-state index contributed by atoms with van der Waals surface area (Å²) in [6, 6.07) is 9.28. The molecule has 0 fully saturated rings.